The highest BCUT2D eigenvalue weighted by atomic mass is 79.9. The number of hydrogen-bond donors (Lipinski definition) is 0. The minimum absolute atomic E-state index is 0.517. The quantitative estimate of drug-likeness (QED) is 0.812. The Morgan fingerprint density at radius 3 is 2.71 bits per heavy atom. The average Bonchev–Trinajstić information content (AvgIpc) is 2.94. The molecule has 112 valence electrons. The molecule has 1 aliphatic rings. The zero-order valence-corrected chi connectivity index (χ0v) is 13.3. The summed E-state index contributed by atoms with van der Waals surface area (Å²) in [7, 11) is 1.77. The monoisotopic (exact) mass is 353 g/mol. The second-order valence-electron chi connectivity index (χ2n) is 5.00. The fourth-order valence-corrected chi connectivity index (χ4v) is 2.48. The van der Waals surface area contributed by atoms with Gasteiger partial charge in [-0.3, -0.25) is 0 Å². The summed E-state index contributed by atoms with van der Waals surface area (Å²) in [5, 5.41) is 12.1. The Morgan fingerprint density at radius 2 is 2.10 bits per heavy atom. The topological polar surface area (TPSA) is 81.9 Å². The molecule has 3 rings (SSSR count). The van der Waals surface area contributed by atoms with Crippen molar-refractivity contribution in [3.05, 3.63) is 17.0 Å². The Hall–Kier alpha value is -1.77. The lowest BCUT2D eigenvalue weighted by atomic mass is 9.98. The molecule has 9 heteroatoms. The predicted molar refractivity (Wildman–Crippen MR) is 79.0 cm³/mol. The summed E-state index contributed by atoms with van der Waals surface area (Å²) >= 11 is 3.25. The maximum Gasteiger partial charge on any atom is 0.266 e. The number of aromatic nitrogens is 6. The highest BCUT2D eigenvalue weighted by Gasteiger charge is 2.22. The van der Waals surface area contributed by atoms with Gasteiger partial charge in [0, 0.05) is 13.1 Å². The molecular weight excluding hydrogens is 338 g/mol. The molecule has 3 heterocycles. The first-order valence-electron chi connectivity index (χ1n) is 6.80. The first-order chi connectivity index (χ1) is 10.2. The molecule has 0 N–H and O–H groups in total. The van der Waals surface area contributed by atoms with Crippen LogP contribution in [0.15, 0.2) is 17.0 Å². The fraction of sp³-hybridized carbons (Fsp3) is 0.583. The third-order valence-corrected chi connectivity index (χ3v) is 3.87. The van der Waals surface area contributed by atoms with Gasteiger partial charge in [0.2, 0.25) is 5.88 Å². The Kier molecular flexibility index (Phi) is 4.28. The maximum atomic E-state index is 5.68. The number of tetrazole rings is 1. The molecule has 21 heavy (non-hydrogen) atoms. The first kappa shape index (κ1) is 14.2. The molecule has 1 saturated heterocycles. The zero-order valence-electron chi connectivity index (χ0n) is 11.7. The molecule has 0 aliphatic carbocycles. The van der Waals surface area contributed by atoms with Crippen LogP contribution in [0.4, 0.5) is 5.95 Å². The molecule has 2 aromatic heterocycles. The van der Waals surface area contributed by atoms with E-state index in [1.807, 2.05) is 0 Å². The van der Waals surface area contributed by atoms with Crippen LogP contribution in [0.2, 0.25) is 0 Å². The van der Waals surface area contributed by atoms with Crippen LogP contribution in [0.25, 0.3) is 0 Å². The Bertz CT molecular complexity index is 580. The molecule has 0 saturated carbocycles. The highest BCUT2D eigenvalue weighted by molar-refractivity contribution is 9.10. The van der Waals surface area contributed by atoms with Gasteiger partial charge in [-0.2, -0.15) is 4.80 Å². The van der Waals surface area contributed by atoms with Gasteiger partial charge in [-0.25, -0.2) is 9.97 Å². The summed E-state index contributed by atoms with van der Waals surface area (Å²) in [6.07, 6.45) is 5.35. The van der Waals surface area contributed by atoms with Gasteiger partial charge in [0.05, 0.1) is 26.0 Å². The van der Waals surface area contributed by atoms with Crippen molar-refractivity contribution in [2.75, 3.05) is 24.6 Å². The van der Waals surface area contributed by atoms with E-state index in [0.717, 1.165) is 25.9 Å². The van der Waals surface area contributed by atoms with Gasteiger partial charge in [-0.1, -0.05) is 5.10 Å². The zero-order chi connectivity index (χ0) is 14.7. The Labute approximate surface area is 130 Å². The molecule has 2 aromatic rings. The van der Waals surface area contributed by atoms with Crippen LogP contribution < -0.4 is 9.64 Å². The van der Waals surface area contributed by atoms with Crippen molar-refractivity contribution >= 4 is 21.9 Å². The average molecular weight is 354 g/mol. The molecule has 1 fully saturated rings. The molecule has 0 aromatic carbocycles. The van der Waals surface area contributed by atoms with Crippen molar-refractivity contribution < 1.29 is 4.74 Å². The van der Waals surface area contributed by atoms with E-state index in [0.29, 0.717) is 29.0 Å². The van der Waals surface area contributed by atoms with Crippen LogP contribution >= 0.6 is 15.9 Å². The van der Waals surface area contributed by atoms with Gasteiger partial charge < -0.3 is 9.64 Å². The van der Waals surface area contributed by atoms with Crippen LogP contribution in [0.1, 0.15) is 12.8 Å². The van der Waals surface area contributed by atoms with Crippen LogP contribution in [0.5, 0.6) is 5.88 Å². The second-order valence-corrected chi connectivity index (χ2v) is 5.81. The summed E-state index contributed by atoms with van der Waals surface area (Å²) in [6, 6.07) is 0. The largest absolute Gasteiger partial charge is 0.476 e. The van der Waals surface area contributed by atoms with E-state index in [4.69, 9.17) is 4.74 Å². The van der Waals surface area contributed by atoms with Crippen molar-refractivity contribution in [1.82, 2.24) is 30.2 Å². The van der Waals surface area contributed by atoms with Gasteiger partial charge in [0.15, 0.2) is 0 Å². The number of hydrogen-bond acceptors (Lipinski definition) is 7. The summed E-state index contributed by atoms with van der Waals surface area (Å²) in [4.78, 5) is 11.9. The highest BCUT2D eigenvalue weighted by Crippen LogP contribution is 2.21. The summed E-state index contributed by atoms with van der Waals surface area (Å²) < 4.78 is 6.39. The van der Waals surface area contributed by atoms with Crippen molar-refractivity contribution in [2.45, 2.75) is 12.8 Å². The molecule has 0 spiro atoms. The molecule has 0 atom stereocenters. The van der Waals surface area contributed by atoms with Crippen molar-refractivity contribution in [2.24, 2.45) is 13.0 Å². The van der Waals surface area contributed by atoms with Gasteiger partial charge in [-0.05, 0) is 39.9 Å². The van der Waals surface area contributed by atoms with Crippen LogP contribution in [0.3, 0.4) is 0 Å². The van der Waals surface area contributed by atoms with E-state index in [1.165, 1.54) is 4.80 Å². The number of aryl methyl sites for hydroxylation is 1. The molecular formula is C12H16BrN7O. The predicted octanol–water partition coefficient (Wildman–Crippen LogP) is 1.06. The van der Waals surface area contributed by atoms with E-state index in [-0.39, 0.29) is 0 Å². The second kappa shape index (κ2) is 6.33. The minimum atomic E-state index is 0.517. The standard InChI is InChI=1S/C12H16BrN7O/c1-19-17-12(16-18-19)20-4-2-9(3-5-20)8-21-11-7-14-10(13)6-15-11/h6-7,9H,2-5,8H2,1H3. The lowest BCUT2D eigenvalue weighted by Gasteiger charge is -2.30. The number of nitrogens with zero attached hydrogens (tertiary/aromatic N) is 7. The number of rotatable bonds is 4. The fourth-order valence-electron chi connectivity index (χ4n) is 2.28. The first-order valence-corrected chi connectivity index (χ1v) is 7.59. The van der Waals surface area contributed by atoms with E-state index in [9.17, 15) is 0 Å². The molecule has 0 unspecified atom stereocenters. The number of halogens is 1. The molecule has 0 radical (unpaired) electrons. The van der Waals surface area contributed by atoms with E-state index >= 15 is 0 Å². The molecule has 1 aliphatic heterocycles. The number of ether oxygens (including phenoxy) is 1. The van der Waals surface area contributed by atoms with Crippen molar-refractivity contribution in [1.29, 1.82) is 0 Å². The van der Waals surface area contributed by atoms with Gasteiger partial charge in [0.25, 0.3) is 5.95 Å². The van der Waals surface area contributed by atoms with Crippen molar-refractivity contribution in [3.8, 4) is 5.88 Å². The van der Waals surface area contributed by atoms with Gasteiger partial charge >= 0.3 is 0 Å². The Balaban J connectivity index is 1.46. The molecule has 0 amide bonds. The van der Waals surface area contributed by atoms with Crippen LogP contribution in [0, 0.1) is 5.92 Å². The third kappa shape index (κ3) is 3.66. The van der Waals surface area contributed by atoms with Crippen molar-refractivity contribution in [3.63, 3.8) is 0 Å². The lowest BCUT2D eigenvalue weighted by Crippen LogP contribution is -2.36. The van der Waals surface area contributed by atoms with E-state index in [2.05, 4.69) is 46.2 Å². The summed E-state index contributed by atoms with van der Waals surface area (Å²) in [5.41, 5.74) is 0. The Morgan fingerprint density at radius 1 is 1.29 bits per heavy atom. The van der Waals surface area contributed by atoms with E-state index in [1.54, 1.807) is 19.4 Å². The number of piperidine rings is 1. The molecule has 0 bridgehead atoms. The van der Waals surface area contributed by atoms with E-state index < -0.39 is 0 Å². The normalized spacial score (nSPS) is 16.2. The maximum absolute atomic E-state index is 5.68. The van der Waals surface area contributed by atoms with Gasteiger partial charge in [0.1, 0.15) is 4.60 Å². The van der Waals surface area contributed by atoms with Crippen LogP contribution in [-0.2, 0) is 7.05 Å². The van der Waals surface area contributed by atoms with Gasteiger partial charge in [-0.15, -0.1) is 5.10 Å². The summed E-state index contributed by atoms with van der Waals surface area (Å²) in [6.45, 7) is 2.51. The lowest BCUT2D eigenvalue weighted by molar-refractivity contribution is 0.215. The third-order valence-electron chi connectivity index (χ3n) is 3.46. The number of anilines is 1. The smallest absolute Gasteiger partial charge is 0.266 e. The molecule has 8 nitrogen and oxygen atoms in total. The van der Waals surface area contributed by atoms with Crippen LogP contribution in [-0.4, -0.2) is 49.9 Å². The summed E-state index contributed by atoms with van der Waals surface area (Å²) in [5.74, 6) is 1.79. The SMILES string of the molecule is Cn1nnc(N2CCC(COc3cnc(Br)cn3)CC2)n1. The minimum Gasteiger partial charge on any atom is -0.476 e.